The van der Waals surface area contributed by atoms with Crippen molar-refractivity contribution in [3.63, 3.8) is 0 Å². The third kappa shape index (κ3) is 2.96. The summed E-state index contributed by atoms with van der Waals surface area (Å²) in [4.78, 5) is 2.40. The molecule has 1 aliphatic rings. The van der Waals surface area contributed by atoms with Crippen molar-refractivity contribution in [2.45, 2.75) is 19.3 Å². The Hall–Kier alpha value is -1.02. The Morgan fingerprint density at radius 3 is 3.00 bits per heavy atom. The summed E-state index contributed by atoms with van der Waals surface area (Å²) in [7, 11) is 2.19. The number of aromatic hydroxyl groups is 1. The zero-order valence-corrected chi connectivity index (χ0v) is 9.32. The van der Waals surface area contributed by atoms with Gasteiger partial charge in [0.2, 0.25) is 0 Å². The third-order valence-corrected chi connectivity index (χ3v) is 3.24. The lowest BCUT2D eigenvalue weighted by Gasteiger charge is -2.10. The zero-order valence-electron chi connectivity index (χ0n) is 9.32. The molecule has 1 saturated heterocycles. The second kappa shape index (κ2) is 4.67. The Bertz CT molecular complexity index is 324. The van der Waals surface area contributed by atoms with Crippen LogP contribution in [0.1, 0.15) is 18.4 Å². The molecule has 1 atom stereocenters. The number of phenolic OH excluding ortho intramolecular Hbond substituents is 1. The van der Waals surface area contributed by atoms with Gasteiger partial charge >= 0.3 is 0 Å². The minimum Gasteiger partial charge on any atom is -0.508 e. The summed E-state index contributed by atoms with van der Waals surface area (Å²) >= 11 is 0. The molecule has 0 aliphatic carbocycles. The number of likely N-dealkylation sites (tertiary alicyclic amines) is 1. The van der Waals surface area contributed by atoms with Gasteiger partial charge in [-0.1, -0.05) is 12.1 Å². The van der Waals surface area contributed by atoms with Crippen LogP contribution in [0.4, 0.5) is 0 Å². The van der Waals surface area contributed by atoms with Crippen LogP contribution >= 0.6 is 0 Å². The minimum atomic E-state index is 0.385. The van der Waals surface area contributed by atoms with E-state index < -0.39 is 0 Å². The molecule has 0 amide bonds. The molecule has 15 heavy (non-hydrogen) atoms. The van der Waals surface area contributed by atoms with Crippen molar-refractivity contribution in [2.75, 3.05) is 20.1 Å². The van der Waals surface area contributed by atoms with E-state index in [0.29, 0.717) is 5.75 Å². The van der Waals surface area contributed by atoms with Gasteiger partial charge in [-0.2, -0.15) is 0 Å². The van der Waals surface area contributed by atoms with Crippen LogP contribution in [0.5, 0.6) is 5.75 Å². The highest BCUT2D eigenvalue weighted by Gasteiger charge is 2.18. The highest BCUT2D eigenvalue weighted by Crippen LogP contribution is 2.21. The molecule has 1 aliphatic heterocycles. The number of benzene rings is 1. The van der Waals surface area contributed by atoms with Crippen LogP contribution in [-0.2, 0) is 6.42 Å². The summed E-state index contributed by atoms with van der Waals surface area (Å²) in [6.07, 6.45) is 3.66. The van der Waals surface area contributed by atoms with Gasteiger partial charge in [-0.3, -0.25) is 0 Å². The summed E-state index contributed by atoms with van der Waals surface area (Å²) in [5.41, 5.74) is 1.25. The van der Waals surface area contributed by atoms with Gasteiger partial charge in [-0.15, -0.1) is 0 Å². The highest BCUT2D eigenvalue weighted by atomic mass is 16.3. The van der Waals surface area contributed by atoms with E-state index >= 15 is 0 Å². The Labute approximate surface area is 91.5 Å². The van der Waals surface area contributed by atoms with Gasteiger partial charge in [0.1, 0.15) is 5.75 Å². The fourth-order valence-corrected chi connectivity index (χ4v) is 2.34. The lowest BCUT2D eigenvalue weighted by molar-refractivity contribution is 0.388. The van der Waals surface area contributed by atoms with Crippen LogP contribution in [-0.4, -0.2) is 30.1 Å². The molecule has 82 valence electrons. The first-order chi connectivity index (χ1) is 7.24. The Morgan fingerprint density at radius 1 is 1.47 bits per heavy atom. The quantitative estimate of drug-likeness (QED) is 0.818. The molecule has 0 bridgehead atoms. The van der Waals surface area contributed by atoms with Gasteiger partial charge in [0.05, 0.1) is 0 Å². The molecule has 1 heterocycles. The van der Waals surface area contributed by atoms with Crippen molar-refractivity contribution in [2.24, 2.45) is 5.92 Å². The van der Waals surface area contributed by atoms with Gasteiger partial charge in [0.15, 0.2) is 0 Å². The largest absolute Gasteiger partial charge is 0.508 e. The second-order valence-electron chi connectivity index (χ2n) is 4.63. The van der Waals surface area contributed by atoms with Gasteiger partial charge in [0.25, 0.3) is 0 Å². The fourth-order valence-electron chi connectivity index (χ4n) is 2.34. The molecular formula is C13H19NO. The van der Waals surface area contributed by atoms with Crippen LogP contribution in [0.3, 0.4) is 0 Å². The van der Waals surface area contributed by atoms with Crippen LogP contribution in [0.2, 0.25) is 0 Å². The standard InChI is InChI=1S/C13H19NO/c1-14-8-7-12(10-14)6-5-11-3-2-4-13(15)9-11/h2-4,9,12,15H,5-8,10H2,1H3. The van der Waals surface area contributed by atoms with E-state index in [1.165, 1.54) is 31.5 Å². The Balaban J connectivity index is 1.83. The second-order valence-corrected chi connectivity index (χ2v) is 4.63. The van der Waals surface area contributed by atoms with Crippen molar-refractivity contribution >= 4 is 0 Å². The van der Waals surface area contributed by atoms with Crippen molar-refractivity contribution in [3.8, 4) is 5.75 Å². The number of phenols is 1. The van der Waals surface area contributed by atoms with Crippen LogP contribution < -0.4 is 0 Å². The molecule has 2 rings (SSSR count). The lowest BCUT2D eigenvalue weighted by Crippen LogP contribution is -2.14. The van der Waals surface area contributed by atoms with Gasteiger partial charge in [-0.25, -0.2) is 0 Å². The van der Waals surface area contributed by atoms with Crippen molar-refractivity contribution in [3.05, 3.63) is 29.8 Å². The average Bonchev–Trinajstić information content (AvgIpc) is 2.62. The van der Waals surface area contributed by atoms with Crippen LogP contribution in [0.15, 0.2) is 24.3 Å². The van der Waals surface area contributed by atoms with Crippen LogP contribution in [0.25, 0.3) is 0 Å². The molecule has 0 saturated carbocycles. The number of aryl methyl sites for hydroxylation is 1. The molecule has 1 unspecified atom stereocenters. The van der Waals surface area contributed by atoms with Crippen molar-refractivity contribution in [1.29, 1.82) is 0 Å². The SMILES string of the molecule is CN1CCC(CCc2cccc(O)c2)C1. The van der Waals surface area contributed by atoms with E-state index in [-0.39, 0.29) is 0 Å². The summed E-state index contributed by atoms with van der Waals surface area (Å²) in [5, 5.41) is 9.34. The molecule has 1 aromatic carbocycles. The predicted molar refractivity (Wildman–Crippen MR) is 62.0 cm³/mol. The normalized spacial score (nSPS) is 22.1. The highest BCUT2D eigenvalue weighted by molar-refractivity contribution is 5.27. The van der Waals surface area contributed by atoms with Crippen molar-refractivity contribution < 1.29 is 5.11 Å². The van der Waals surface area contributed by atoms with Crippen LogP contribution in [0, 0.1) is 5.92 Å². The molecule has 2 heteroatoms. The molecule has 2 nitrogen and oxygen atoms in total. The molecule has 1 fully saturated rings. The summed E-state index contributed by atoms with van der Waals surface area (Å²) in [5.74, 6) is 1.23. The lowest BCUT2D eigenvalue weighted by atomic mass is 9.99. The third-order valence-electron chi connectivity index (χ3n) is 3.24. The fraction of sp³-hybridized carbons (Fsp3) is 0.538. The first-order valence-electron chi connectivity index (χ1n) is 5.70. The predicted octanol–water partition coefficient (Wildman–Crippen LogP) is 2.28. The van der Waals surface area contributed by atoms with Gasteiger partial charge in [-0.05, 0) is 56.5 Å². The summed E-state index contributed by atoms with van der Waals surface area (Å²) in [6.45, 7) is 2.48. The number of nitrogens with zero attached hydrogens (tertiary/aromatic N) is 1. The van der Waals surface area contributed by atoms with E-state index in [0.717, 1.165) is 12.3 Å². The summed E-state index contributed by atoms with van der Waals surface area (Å²) < 4.78 is 0. The first kappa shape index (κ1) is 10.5. The van der Waals surface area contributed by atoms with Gasteiger partial charge < -0.3 is 10.0 Å². The maximum atomic E-state index is 9.34. The summed E-state index contributed by atoms with van der Waals surface area (Å²) in [6, 6.07) is 7.62. The maximum Gasteiger partial charge on any atom is 0.115 e. The number of hydrogen-bond donors (Lipinski definition) is 1. The van der Waals surface area contributed by atoms with E-state index in [1.54, 1.807) is 6.07 Å². The Morgan fingerprint density at radius 2 is 2.33 bits per heavy atom. The minimum absolute atomic E-state index is 0.385. The smallest absolute Gasteiger partial charge is 0.115 e. The Kier molecular flexibility index (Phi) is 3.27. The van der Waals surface area contributed by atoms with Crippen molar-refractivity contribution in [1.82, 2.24) is 4.90 Å². The van der Waals surface area contributed by atoms with Gasteiger partial charge in [0, 0.05) is 6.54 Å². The van der Waals surface area contributed by atoms with E-state index in [1.807, 2.05) is 12.1 Å². The molecule has 0 radical (unpaired) electrons. The maximum absolute atomic E-state index is 9.34. The molecular weight excluding hydrogens is 186 g/mol. The molecule has 0 spiro atoms. The zero-order chi connectivity index (χ0) is 10.7. The molecule has 0 aromatic heterocycles. The number of hydrogen-bond acceptors (Lipinski definition) is 2. The van der Waals surface area contributed by atoms with E-state index in [9.17, 15) is 5.11 Å². The molecule has 1 aromatic rings. The molecule has 1 N–H and O–H groups in total. The monoisotopic (exact) mass is 205 g/mol. The van der Waals surface area contributed by atoms with E-state index in [2.05, 4.69) is 18.0 Å². The first-order valence-corrected chi connectivity index (χ1v) is 5.70. The number of rotatable bonds is 3. The average molecular weight is 205 g/mol. The van der Waals surface area contributed by atoms with E-state index in [4.69, 9.17) is 0 Å². The topological polar surface area (TPSA) is 23.5 Å².